The molecular weight excluding hydrogens is 613 g/mol. The number of hydrogen-bond acceptors (Lipinski definition) is 2. The van der Waals surface area contributed by atoms with Crippen molar-refractivity contribution in [3.05, 3.63) is 187 Å². The summed E-state index contributed by atoms with van der Waals surface area (Å²) in [6.45, 7) is 0. The van der Waals surface area contributed by atoms with Crippen molar-refractivity contribution in [2.24, 2.45) is 4.99 Å². The van der Waals surface area contributed by atoms with Gasteiger partial charge in [-0.3, -0.25) is 4.57 Å². The molecule has 1 aliphatic heterocycles. The lowest BCUT2D eigenvalue weighted by Crippen LogP contribution is -2.09. The minimum absolute atomic E-state index is 0.836. The van der Waals surface area contributed by atoms with E-state index in [0.717, 1.165) is 33.7 Å². The van der Waals surface area contributed by atoms with Gasteiger partial charge in [0.1, 0.15) is 5.84 Å². The first-order valence-corrected chi connectivity index (χ1v) is 17.4. The molecule has 1 aliphatic rings. The van der Waals surface area contributed by atoms with Crippen molar-refractivity contribution in [3.63, 3.8) is 0 Å². The molecule has 0 fully saturated rings. The lowest BCUT2D eigenvalue weighted by Gasteiger charge is -2.11. The second kappa shape index (κ2) is 11.2. The predicted molar refractivity (Wildman–Crippen MR) is 210 cm³/mol. The first-order chi connectivity index (χ1) is 24.3. The van der Waals surface area contributed by atoms with Gasteiger partial charge in [0.15, 0.2) is 0 Å². The van der Waals surface area contributed by atoms with Gasteiger partial charge in [-0.05, 0) is 34.2 Å². The van der Waals surface area contributed by atoms with Crippen molar-refractivity contribution in [2.45, 2.75) is 0 Å². The van der Waals surface area contributed by atoms with Gasteiger partial charge in [-0.2, -0.15) is 0 Å². The van der Waals surface area contributed by atoms with Crippen LogP contribution in [-0.4, -0.2) is 10.4 Å². The number of aromatic nitrogens is 1. The molecule has 0 saturated carbocycles. The highest BCUT2D eigenvalue weighted by atomic mass is 32.1. The summed E-state index contributed by atoms with van der Waals surface area (Å²) >= 11 is 1.90. The summed E-state index contributed by atoms with van der Waals surface area (Å²) in [4.78, 5) is 5.49. The van der Waals surface area contributed by atoms with Gasteiger partial charge in [-0.25, -0.2) is 4.99 Å². The molecule has 0 amide bonds. The van der Waals surface area contributed by atoms with E-state index >= 15 is 0 Å². The van der Waals surface area contributed by atoms with Crippen molar-refractivity contribution >= 4 is 81.2 Å². The number of nitrogens with zero attached hydrogens (tertiary/aromatic N) is 2. The Morgan fingerprint density at radius 2 is 1.10 bits per heavy atom. The Morgan fingerprint density at radius 3 is 1.86 bits per heavy atom. The molecule has 9 aromatic rings. The molecule has 3 heterocycles. The summed E-state index contributed by atoms with van der Waals surface area (Å²) in [5, 5.41) is 7.53. The average molecular weight is 641 g/mol. The van der Waals surface area contributed by atoms with Gasteiger partial charge < -0.3 is 0 Å². The zero-order valence-corrected chi connectivity index (χ0v) is 27.3. The van der Waals surface area contributed by atoms with Crippen LogP contribution in [0.15, 0.2) is 181 Å². The summed E-state index contributed by atoms with van der Waals surface area (Å²) in [5.74, 6) is 0.836. The van der Waals surface area contributed by atoms with Gasteiger partial charge in [0.2, 0.25) is 0 Å². The summed E-state index contributed by atoms with van der Waals surface area (Å²) in [5.41, 5.74) is 12.6. The van der Waals surface area contributed by atoms with E-state index in [2.05, 4.69) is 180 Å². The SMILES string of the molecule is C1=CC(n2c3ccccc3c3c4ccccc4c4sc5c(-c6ccccc6)cccc5c4c32)=NC(c2ccccc2)=CC=1c1ccccc1. The van der Waals surface area contributed by atoms with Gasteiger partial charge in [0, 0.05) is 53.5 Å². The molecule has 0 atom stereocenters. The third-order valence-electron chi connectivity index (χ3n) is 9.61. The number of thiophene rings is 1. The maximum absolute atomic E-state index is 5.49. The Morgan fingerprint density at radius 1 is 0.490 bits per heavy atom. The van der Waals surface area contributed by atoms with Crippen LogP contribution in [0.25, 0.3) is 75.1 Å². The Kier molecular flexibility index (Phi) is 6.35. The van der Waals surface area contributed by atoms with Crippen LogP contribution in [0.4, 0.5) is 0 Å². The van der Waals surface area contributed by atoms with E-state index in [-0.39, 0.29) is 0 Å². The second-order valence-electron chi connectivity index (χ2n) is 12.4. The number of allylic oxidation sites excluding steroid dienone is 2. The van der Waals surface area contributed by atoms with Gasteiger partial charge >= 0.3 is 0 Å². The highest BCUT2D eigenvalue weighted by Crippen LogP contribution is 2.49. The molecule has 2 aromatic heterocycles. The quantitative estimate of drug-likeness (QED) is 0.171. The third kappa shape index (κ3) is 4.38. The zero-order valence-electron chi connectivity index (χ0n) is 26.5. The lowest BCUT2D eigenvalue weighted by molar-refractivity contribution is 1.28. The van der Waals surface area contributed by atoms with E-state index in [1.165, 1.54) is 58.4 Å². The Balaban J connectivity index is 1.38. The summed E-state index contributed by atoms with van der Waals surface area (Å²) in [6, 6.07) is 56.1. The lowest BCUT2D eigenvalue weighted by atomic mass is 9.98. The largest absolute Gasteiger partial charge is 0.293 e. The topological polar surface area (TPSA) is 17.3 Å². The average Bonchev–Trinajstić information content (AvgIpc) is 3.64. The van der Waals surface area contributed by atoms with Gasteiger partial charge in [0.05, 0.1) is 16.7 Å². The van der Waals surface area contributed by atoms with Crippen LogP contribution < -0.4 is 0 Å². The molecule has 0 aliphatic carbocycles. The molecule has 2 nitrogen and oxygen atoms in total. The molecule has 7 aromatic carbocycles. The minimum Gasteiger partial charge on any atom is -0.293 e. The normalized spacial score (nSPS) is 13.3. The van der Waals surface area contributed by atoms with Crippen LogP contribution in [0.1, 0.15) is 11.1 Å². The minimum atomic E-state index is 0.836. The molecule has 0 bridgehead atoms. The molecule has 3 heteroatoms. The fourth-order valence-corrected chi connectivity index (χ4v) is 8.82. The van der Waals surface area contributed by atoms with Crippen LogP contribution in [0.5, 0.6) is 0 Å². The first-order valence-electron chi connectivity index (χ1n) is 16.6. The number of fused-ring (bicyclic) bond motifs is 10. The van der Waals surface area contributed by atoms with Gasteiger partial charge in [-0.15, -0.1) is 17.1 Å². The van der Waals surface area contributed by atoms with E-state index in [4.69, 9.17) is 4.99 Å². The smallest absolute Gasteiger partial charge is 0.146 e. The van der Waals surface area contributed by atoms with Crippen molar-refractivity contribution in [1.82, 2.24) is 4.57 Å². The second-order valence-corrected chi connectivity index (χ2v) is 13.4. The number of hydrogen-bond donors (Lipinski definition) is 0. The van der Waals surface area contributed by atoms with E-state index in [0.29, 0.717) is 0 Å². The molecule has 228 valence electrons. The third-order valence-corrected chi connectivity index (χ3v) is 10.9. The summed E-state index contributed by atoms with van der Waals surface area (Å²) in [7, 11) is 0. The molecule has 0 saturated heterocycles. The monoisotopic (exact) mass is 640 g/mol. The van der Waals surface area contributed by atoms with Crippen molar-refractivity contribution in [1.29, 1.82) is 0 Å². The van der Waals surface area contributed by atoms with Crippen LogP contribution in [0.3, 0.4) is 0 Å². The Bertz CT molecular complexity index is 2880. The maximum atomic E-state index is 5.49. The molecule has 0 radical (unpaired) electrons. The number of para-hydroxylation sites is 1. The molecule has 10 rings (SSSR count). The molecule has 49 heavy (non-hydrogen) atoms. The number of aliphatic imine (C=N–C) groups is 1. The van der Waals surface area contributed by atoms with Crippen LogP contribution in [0, 0.1) is 0 Å². The van der Waals surface area contributed by atoms with E-state index < -0.39 is 0 Å². The predicted octanol–water partition coefficient (Wildman–Crippen LogP) is 12.5. The van der Waals surface area contributed by atoms with Crippen LogP contribution in [0.2, 0.25) is 0 Å². The number of rotatable bonds is 3. The fourth-order valence-electron chi connectivity index (χ4n) is 7.44. The van der Waals surface area contributed by atoms with Crippen molar-refractivity contribution in [2.75, 3.05) is 0 Å². The van der Waals surface area contributed by atoms with Crippen molar-refractivity contribution < 1.29 is 0 Å². The van der Waals surface area contributed by atoms with Gasteiger partial charge in [0.25, 0.3) is 0 Å². The molecule has 0 N–H and O–H groups in total. The Hall–Kier alpha value is -6.25. The molecule has 0 spiro atoms. The van der Waals surface area contributed by atoms with E-state index in [1.807, 2.05) is 11.3 Å². The standard InChI is InChI=1S/C46H28N2S/c1-4-15-30(16-5-1)33-27-28-41(47-39(29-33)32-19-8-3-9-20-32)48-40-26-13-12-23-37(40)42-35-21-10-11-22-36(35)46-43(44(42)48)38-25-14-24-34(45(38)49-46)31-17-6-2-7-18-31/h1-26,28-29H. The van der Waals surface area contributed by atoms with Crippen molar-refractivity contribution in [3.8, 4) is 11.1 Å². The van der Waals surface area contributed by atoms with Crippen LogP contribution >= 0.6 is 11.3 Å². The first kappa shape index (κ1) is 27.8. The van der Waals surface area contributed by atoms with E-state index in [1.54, 1.807) is 0 Å². The highest BCUT2D eigenvalue weighted by Gasteiger charge is 2.24. The van der Waals surface area contributed by atoms with Gasteiger partial charge in [-0.1, -0.05) is 152 Å². The summed E-state index contributed by atoms with van der Waals surface area (Å²) in [6.07, 6.45) is 4.24. The Labute approximate surface area is 287 Å². The van der Waals surface area contributed by atoms with E-state index in [9.17, 15) is 0 Å². The van der Waals surface area contributed by atoms with Crippen LogP contribution in [-0.2, 0) is 0 Å². The highest BCUT2D eigenvalue weighted by molar-refractivity contribution is 7.27. The zero-order chi connectivity index (χ0) is 32.3. The maximum Gasteiger partial charge on any atom is 0.146 e. The fraction of sp³-hybridized carbons (Fsp3) is 0. The summed E-state index contributed by atoms with van der Waals surface area (Å²) < 4.78 is 4.98. The number of benzene rings is 7. The molecular formula is C46H28N2S. The molecule has 0 unspecified atom stereocenters.